The van der Waals surface area contributed by atoms with Gasteiger partial charge in [-0.1, -0.05) is 18.2 Å². The van der Waals surface area contributed by atoms with Gasteiger partial charge in [0.1, 0.15) is 5.82 Å². The Morgan fingerprint density at radius 2 is 1.83 bits per heavy atom. The molecule has 1 aromatic carbocycles. The van der Waals surface area contributed by atoms with Gasteiger partial charge in [0.2, 0.25) is 0 Å². The number of anilines is 1. The summed E-state index contributed by atoms with van der Waals surface area (Å²) >= 11 is 0. The fraction of sp³-hybridized carbons (Fsp3) is 0.364. The molecule has 1 saturated heterocycles. The van der Waals surface area contributed by atoms with Gasteiger partial charge in [-0.2, -0.15) is 5.10 Å². The summed E-state index contributed by atoms with van der Waals surface area (Å²) in [6.45, 7) is 7.96. The third-order valence-corrected chi connectivity index (χ3v) is 5.52. The Hall–Kier alpha value is -3.26. The van der Waals surface area contributed by atoms with E-state index in [1.165, 1.54) is 0 Å². The van der Waals surface area contributed by atoms with Gasteiger partial charge < -0.3 is 14.2 Å². The quantitative estimate of drug-likeness (QED) is 0.521. The van der Waals surface area contributed by atoms with Gasteiger partial charge in [-0.15, -0.1) is 0 Å². The summed E-state index contributed by atoms with van der Waals surface area (Å²) in [5.74, 6) is 2.55. The van der Waals surface area contributed by atoms with Gasteiger partial charge in [0.15, 0.2) is 22.8 Å². The van der Waals surface area contributed by atoms with Crippen LogP contribution in [0.25, 0.3) is 33.8 Å². The molecule has 0 radical (unpaired) electrons. The largest absolute Gasteiger partial charge is 0.378 e. The van der Waals surface area contributed by atoms with Gasteiger partial charge in [0.05, 0.1) is 18.9 Å². The summed E-state index contributed by atoms with van der Waals surface area (Å²) in [7, 11) is 1.92. The van der Waals surface area contributed by atoms with Crippen molar-refractivity contribution < 1.29 is 4.74 Å². The second-order valence-corrected chi connectivity index (χ2v) is 7.50. The molecule has 0 unspecified atom stereocenters. The molecule has 4 aromatic rings. The Labute approximate surface area is 175 Å². The highest BCUT2D eigenvalue weighted by Crippen LogP contribution is 2.30. The molecule has 5 rings (SSSR count). The summed E-state index contributed by atoms with van der Waals surface area (Å²) in [5, 5.41) is 4.53. The van der Waals surface area contributed by atoms with E-state index in [4.69, 9.17) is 19.7 Å². The first kappa shape index (κ1) is 18.7. The molecule has 1 aliphatic heterocycles. The second kappa shape index (κ2) is 7.53. The Morgan fingerprint density at radius 3 is 2.57 bits per heavy atom. The van der Waals surface area contributed by atoms with Gasteiger partial charge in [-0.3, -0.25) is 4.68 Å². The molecule has 8 heteroatoms. The Kier molecular flexibility index (Phi) is 4.71. The highest BCUT2D eigenvalue weighted by molar-refractivity contribution is 5.86. The smallest absolute Gasteiger partial charge is 0.166 e. The molecule has 154 valence electrons. The number of aromatic nitrogens is 6. The van der Waals surface area contributed by atoms with Gasteiger partial charge >= 0.3 is 0 Å². The normalized spacial score (nSPS) is 14.6. The maximum Gasteiger partial charge on any atom is 0.166 e. The number of fused-ring (bicyclic) bond motifs is 1. The maximum atomic E-state index is 5.55. The van der Waals surface area contributed by atoms with Crippen LogP contribution in [0.5, 0.6) is 0 Å². The van der Waals surface area contributed by atoms with Gasteiger partial charge in [0.25, 0.3) is 0 Å². The average molecular weight is 403 g/mol. The van der Waals surface area contributed by atoms with E-state index < -0.39 is 0 Å². The lowest BCUT2D eigenvalue weighted by atomic mass is 10.1. The monoisotopic (exact) mass is 403 g/mol. The van der Waals surface area contributed by atoms with Crippen molar-refractivity contribution in [3.8, 4) is 22.6 Å². The second-order valence-electron chi connectivity index (χ2n) is 7.50. The number of hydrogen-bond acceptors (Lipinski definition) is 6. The zero-order valence-corrected chi connectivity index (χ0v) is 17.5. The molecular formula is C22H25N7O. The van der Waals surface area contributed by atoms with Gasteiger partial charge in [-0.05, 0) is 26.0 Å². The third kappa shape index (κ3) is 3.23. The minimum Gasteiger partial charge on any atom is -0.378 e. The number of morpholine rings is 1. The van der Waals surface area contributed by atoms with Gasteiger partial charge in [-0.25, -0.2) is 15.0 Å². The van der Waals surface area contributed by atoms with Crippen molar-refractivity contribution in [3.05, 3.63) is 42.4 Å². The van der Waals surface area contributed by atoms with Crippen molar-refractivity contribution >= 4 is 17.0 Å². The molecule has 1 fully saturated rings. The summed E-state index contributed by atoms with van der Waals surface area (Å²) in [5.41, 5.74) is 4.69. The first-order valence-corrected chi connectivity index (χ1v) is 10.3. The van der Waals surface area contributed by atoms with Crippen LogP contribution in [0.1, 0.15) is 12.7 Å². The van der Waals surface area contributed by atoms with E-state index in [1.807, 2.05) is 37.0 Å². The molecule has 0 bridgehead atoms. The fourth-order valence-electron chi connectivity index (χ4n) is 3.99. The van der Waals surface area contributed by atoms with E-state index in [0.717, 1.165) is 59.3 Å². The Balaban J connectivity index is 1.67. The molecule has 0 saturated carbocycles. The van der Waals surface area contributed by atoms with Crippen molar-refractivity contribution in [1.82, 2.24) is 29.3 Å². The Morgan fingerprint density at radius 1 is 1.03 bits per heavy atom. The van der Waals surface area contributed by atoms with Crippen molar-refractivity contribution in [2.45, 2.75) is 20.4 Å². The molecule has 0 spiro atoms. The highest BCUT2D eigenvalue weighted by Gasteiger charge is 2.22. The molecule has 0 N–H and O–H groups in total. The zero-order valence-electron chi connectivity index (χ0n) is 17.5. The first-order chi connectivity index (χ1) is 14.6. The predicted molar refractivity (Wildman–Crippen MR) is 116 cm³/mol. The summed E-state index contributed by atoms with van der Waals surface area (Å²) in [6.07, 6.45) is 1.95. The van der Waals surface area contributed by atoms with E-state index in [-0.39, 0.29) is 0 Å². The van der Waals surface area contributed by atoms with E-state index in [1.54, 1.807) is 0 Å². The minimum absolute atomic E-state index is 0.698. The molecule has 0 aliphatic carbocycles. The Bertz CT molecular complexity index is 1200. The lowest BCUT2D eigenvalue weighted by Gasteiger charge is -2.28. The van der Waals surface area contributed by atoms with E-state index in [2.05, 4.69) is 39.7 Å². The molecule has 0 amide bonds. The number of imidazole rings is 1. The van der Waals surface area contributed by atoms with Crippen LogP contribution in [0, 0.1) is 6.92 Å². The summed E-state index contributed by atoms with van der Waals surface area (Å²) in [4.78, 5) is 17.0. The van der Waals surface area contributed by atoms with Crippen LogP contribution in [0.15, 0.2) is 36.5 Å². The van der Waals surface area contributed by atoms with E-state index in [0.29, 0.717) is 19.0 Å². The van der Waals surface area contributed by atoms with E-state index >= 15 is 0 Å². The molecule has 0 atom stereocenters. The summed E-state index contributed by atoms with van der Waals surface area (Å²) < 4.78 is 9.50. The van der Waals surface area contributed by atoms with Crippen LogP contribution in [-0.4, -0.2) is 55.6 Å². The predicted octanol–water partition coefficient (Wildman–Crippen LogP) is 3.06. The highest BCUT2D eigenvalue weighted by atomic mass is 16.5. The number of benzene rings is 1. The van der Waals surface area contributed by atoms with Crippen LogP contribution in [0.3, 0.4) is 0 Å². The first-order valence-electron chi connectivity index (χ1n) is 10.3. The lowest BCUT2D eigenvalue weighted by molar-refractivity contribution is 0.122. The van der Waals surface area contributed by atoms with Crippen molar-refractivity contribution in [1.29, 1.82) is 0 Å². The maximum absolute atomic E-state index is 5.55. The molecule has 1 aliphatic rings. The molecule has 8 nitrogen and oxygen atoms in total. The van der Waals surface area contributed by atoms with Crippen LogP contribution in [0.4, 0.5) is 5.82 Å². The SMILES string of the molecule is CCn1c(C)nc2c(N3CCOCC3)nc(-c3cccc(-c4ccn(C)n4)c3)nc21. The number of hydrogen-bond donors (Lipinski definition) is 0. The number of aryl methyl sites for hydroxylation is 3. The summed E-state index contributed by atoms with van der Waals surface area (Å²) in [6, 6.07) is 10.3. The van der Waals surface area contributed by atoms with Crippen LogP contribution < -0.4 is 4.90 Å². The number of ether oxygens (including phenoxy) is 1. The van der Waals surface area contributed by atoms with Crippen LogP contribution >= 0.6 is 0 Å². The molecule has 4 heterocycles. The van der Waals surface area contributed by atoms with Crippen molar-refractivity contribution in [2.75, 3.05) is 31.2 Å². The number of nitrogens with zero attached hydrogens (tertiary/aromatic N) is 7. The molecular weight excluding hydrogens is 378 g/mol. The van der Waals surface area contributed by atoms with Crippen molar-refractivity contribution in [2.24, 2.45) is 7.05 Å². The van der Waals surface area contributed by atoms with Crippen LogP contribution in [0.2, 0.25) is 0 Å². The van der Waals surface area contributed by atoms with Crippen molar-refractivity contribution in [3.63, 3.8) is 0 Å². The molecule has 30 heavy (non-hydrogen) atoms. The standard InChI is InChI=1S/C22H25N7O/c1-4-29-15(2)23-19-21(28-10-12-30-13-11-28)24-20(25-22(19)29)17-7-5-6-16(14-17)18-8-9-27(3)26-18/h5-9,14H,4,10-13H2,1-3H3. The van der Waals surface area contributed by atoms with Gasteiger partial charge in [0, 0.05) is 44.0 Å². The lowest BCUT2D eigenvalue weighted by Crippen LogP contribution is -2.37. The molecule has 3 aromatic heterocycles. The topological polar surface area (TPSA) is 73.9 Å². The van der Waals surface area contributed by atoms with E-state index in [9.17, 15) is 0 Å². The van der Waals surface area contributed by atoms with Crippen LogP contribution in [-0.2, 0) is 18.3 Å². The fourth-order valence-corrected chi connectivity index (χ4v) is 3.99. The minimum atomic E-state index is 0.698. The zero-order chi connectivity index (χ0) is 20.7. The number of rotatable bonds is 4. The average Bonchev–Trinajstić information content (AvgIpc) is 3.35. The third-order valence-electron chi connectivity index (χ3n) is 5.52.